The number of hydrogen-bond donors (Lipinski definition) is 0. The molecule has 0 amide bonds. The topological polar surface area (TPSA) is 26.3 Å². The van der Waals surface area contributed by atoms with Gasteiger partial charge in [0.05, 0.1) is 12.5 Å². The maximum absolute atomic E-state index is 11.3. The summed E-state index contributed by atoms with van der Waals surface area (Å²) in [4.78, 5) is 11.3. The molecule has 0 aromatic rings. The Balaban J connectivity index is 4.26. The van der Waals surface area contributed by atoms with Gasteiger partial charge in [-0.1, -0.05) is 18.6 Å². The Morgan fingerprint density at radius 2 is 2.00 bits per heavy atom. The molecule has 0 saturated carbocycles. The molecule has 0 fully saturated rings. The lowest BCUT2D eigenvalue weighted by atomic mass is 9.88. The van der Waals surface area contributed by atoms with Crippen LogP contribution in [0.5, 0.6) is 0 Å². The summed E-state index contributed by atoms with van der Waals surface area (Å²) in [6.45, 7) is 7.99. The van der Waals surface area contributed by atoms with E-state index in [1.54, 1.807) is 0 Å². The van der Waals surface area contributed by atoms with E-state index in [1.165, 1.54) is 12.7 Å². The van der Waals surface area contributed by atoms with Crippen LogP contribution in [0.1, 0.15) is 40.5 Å². The van der Waals surface area contributed by atoms with Gasteiger partial charge in [-0.2, -0.15) is 0 Å². The summed E-state index contributed by atoms with van der Waals surface area (Å²) in [5.41, 5.74) is 0.919. The molecule has 0 rings (SSSR count). The molecule has 13 heavy (non-hydrogen) atoms. The average Bonchev–Trinajstić information content (AvgIpc) is 2.12. The molecule has 0 atom stereocenters. The predicted octanol–water partition coefficient (Wildman–Crippen LogP) is 2.93. The predicted molar refractivity (Wildman–Crippen MR) is 54.5 cm³/mol. The average molecular weight is 184 g/mol. The van der Waals surface area contributed by atoms with Crippen molar-refractivity contribution in [1.82, 2.24) is 0 Å². The van der Waals surface area contributed by atoms with Crippen molar-refractivity contribution in [1.29, 1.82) is 0 Å². The number of carbonyl (C=O) groups excluding carboxylic acids is 1. The Morgan fingerprint density at radius 3 is 2.38 bits per heavy atom. The van der Waals surface area contributed by atoms with Crippen molar-refractivity contribution in [3.63, 3.8) is 0 Å². The van der Waals surface area contributed by atoms with Crippen LogP contribution in [0.3, 0.4) is 0 Å². The van der Waals surface area contributed by atoms with Gasteiger partial charge in [0, 0.05) is 0 Å². The van der Waals surface area contributed by atoms with Crippen LogP contribution in [-0.4, -0.2) is 13.1 Å². The Kier molecular flexibility index (Phi) is 4.74. The maximum atomic E-state index is 11.3. The number of allylic oxidation sites excluding steroid dienone is 2. The third kappa shape index (κ3) is 4.11. The van der Waals surface area contributed by atoms with E-state index in [2.05, 4.69) is 19.9 Å². The minimum absolute atomic E-state index is 0.146. The van der Waals surface area contributed by atoms with Gasteiger partial charge in [0.1, 0.15) is 0 Å². The fraction of sp³-hybridized carbons (Fsp3) is 0.727. The Bertz CT molecular complexity index is 202. The van der Waals surface area contributed by atoms with Crippen LogP contribution in [0.2, 0.25) is 0 Å². The molecule has 0 radical (unpaired) electrons. The van der Waals surface area contributed by atoms with Crippen LogP contribution in [-0.2, 0) is 9.53 Å². The molecule has 2 nitrogen and oxygen atoms in total. The van der Waals surface area contributed by atoms with Crippen LogP contribution in [0.25, 0.3) is 0 Å². The molecule has 0 bridgehead atoms. The zero-order valence-corrected chi connectivity index (χ0v) is 9.31. The van der Waals surface area contributed by atoms with Gasteiger partial charge in [-0.05, 0) is 33.6 Å². The zero-order chi connectivity index (χ0) is 10.5. The zero-order valence-electron chi connectivity index (χ0n) is 9.31. The van der Waals surface area contributed by atoms with Crippen LogP contribution >= 0.6 is 0 Å². The van der Waals surface area contributed by atoms with Crippen LogP contribution in [0.15, 0.2) is 11.6 Å². The van der Waals surface area contributed by atoms with Gasteiger partial charge in [0.15, 0.2) is 0 Å². The maximum Gasteiger partial charge on any atom is 0.311 e. The lowest BCUT2D eigenvalue weighted by molar-refractivity contribution is -0.150. The Labute approximate surface area is 81.0 Å². The summed E-state index contributed by atoms with van der Waals surface area (Å²) < 4.78 is 4.71. The van der Waals surface area contributed by atoms with Gasteiger partial charge in [-0.15, -0.1) is 0 Å². The van der Waals surface area contributed by atoms with Crippen molar-refractivity contribution in [2.24, 2.45) is 5.41 Å². The van der Waals surface area contributed by atoms with E-state index < -0.39 is 5.41 Å². The number of ether oxygens (including phenoxy) is 1. The first kappa shape index (κ1) is 12.2. The molecular weight excluding hydrogens is 164 g/mol. The van der Waals surface area contributed by atoms with Crippen molar-refractivity contribution < 1.29 is 9.53 Å². The summed E-state index contributed by atoms with van der Waals surface area (Å²) >= 11 is 0. The van der Waals surface area contributed by atoms with Crippen molar-refractivity contribution in [2.75, 3.05) is 7.11 Å². The highest BCUT2D eigenvalue weighted by Gasteiger charge is 2.26. The van der Waals surface area contributed by atoms with E-state index in [9.17, 15) is 4.79 Å². The second-order valence-corrected chi connectivity index (χ2v) is 3.98. The quantitative estimate of drug-likeness (QED) is 0.496. The summed E-state index contributed by atoms with van der Waals surface area (Å²) in [5.74, 6) is -0.146. The standard InChI is InChI=1S/C11H20O2/c1-6-9(2)7-8-11(3,4)10(12)13-5/h7H,6,8H2,1-5H3/b9-7+. The number of methoxy groups -OCH3 is 1. The third-order valence-corrected chi connectivity index (χ3v) is 2.26. The fourth-order valence-corrected chi connectivity index (χ4v) is 0.933. The Hall–Kier alpha value is -0.790. The van der Waals surface area contributed by atoms with Crippen molar-refractivity contribution in [2.45, 2.75) is 40.5 Å². The van der Waals surface area contributed by atoms with Crippen molar-refractivity contribution >= 4 is 5.97 Å². The van der Waals surface area contributed by atoms with Gasteiger partial charge in [0.25, 0.3) is 0 Å². The molecule has 0 aromatic carbocycles. The number of carbonyl (C=O) groups is 1. The first-order chi connectivity index (χ1) is 5.94. The van der Waals surface area contributed by atoms with E-state index in [0.29, 0.717) is 0 Å². The van der Waals surface area contributed by atoms with Crippen LogP contribution < -0.4 is 0 Å². The molecule has 76 valence electrons. The number of rotatable bonds is 4. The fourth-order valence-electron chi connectivity index (χ4n) is 0.933. The second-order valence-electron chi connectivity index (χ2n) is 3.98. The van der Waals surface area contributed by atoms with Gasteiger partial charge in [-0.3, -0.25) is 4.79 Å². The molecule has 0 aromatic heterocycles. The molecule has 0 heterocycles. The normalized spacial score (nSPS) is 12.8. The minimum atomic E-state index is -0.398. The summed E-state index contributed by atoms with van der Waals surface area (Å²) in [6, 6.07) is 0. The van der Waals surface area contributed by atoms with E-state index in [-0.39, 0.29) is 5.97 Å². The summed E-state index contributed by atoms with van der Waals surface area (Å²) in [7, 11) is 1.43. The molecule has 0 spiro atoms. The summed E-state index contributed by atoms with van der Waals surface area (Å²) in [6.07, 6.45) is 3.90. The Morgan fingerprint density at radius 1 is 1.46 bits per heavy atom. The van der Waals surface area contributed by atoms with Crippen LogP contribution in [0.4, 0.5) is 0 Å². The van der Waals surface area contributed by atoms with Gasteiger partial charge in [-0.25, -0.2) is 0 Å². The highest BCUT2D eigenvalue weighted by molar-refractivity contribution is 5.75. The van der Waals surface area contributed by atoms with E-state index in [4.69, 9.17) is 4.74 Å². The first-order valence-electron chi connectivity index (χ1n) is 4.68. The van der Waals surface area contributed by atoms with E-state index in [1.807, 2.05) is 13.8 Å². The highest BCUT2D eigenvalue weighted by atomic mass is 16.5. The van der Waals surface area contributed by atoms with E-state index >= 15 is 0 Å². The van der Waals surface area contributed by atoms with Gasteiger partial charge in [0.2, 0.25) is 0 Å². The van der Waals surface area contributed by atoms with Crippen molar-refractivity contribution in [3.8, 4) is 0 Å². The van der Waals surface area contributed by atoms with Crippen LogP contribution in [0, 0.1) is 5.41 Å². The minimum Gasteiger partial charge on any atom is -0.469 e. The lowest BCUT2D eigenvalue weighted by Gasteiger charge is -2.19. The third-order valence-electron chi connectivity index (χ3n) is 2.26. The first-order valence-corrected chi connectivity index (χ1v) is 4.68. The highest BCUT2D eigenvalue weighted by Crippen LogP contribution is 2.23. The molecule has 0 N–H and O–H groups in total. The second kappa shape index (κ2) is 5.05. The largest absolute Gasteiger partial charge is 0.469 e. The van der Waals surface area contributed by atoms with Gasteiger partial charge < -0.3 is 4.74 Å². The molecule has 0 saturated heterocycles. The molecule has 0 aliphatic heterocycles. The molecular formula is C11H20O2. The van der Waals surface area contributed by atoms with Gasteiger partial charge >= 0.3 is 5.97 Å². The SMILES string of the molecule is CC/C(C)=C/CC(C)(C)C(=O)OC. The number of esters is 1. The number of hydrogen-bond acceptors (Lipinski definition) is 2. The molecule has 2 heteroatoms. The smallest absolute Gasteiger partial charge is 0.311 e. The summed E-state index contributed by atoms with van der Waals surface area (Å²) in [5, 5.41) is 0. The monoisotopic (exact) mass is 184 g/mol. The van der Waals surface area contributed by atoms with Crippen molar-refractivity contribution in [3.05, 3.63) is 11.6 Å². The van der Waals surface area contributed by atoms with E-state index in [0.717, 1.165) is 12.8 Å². The molecule has 0 aliphatic rings. The molecule has 0 aliphatic carbocycles. The molecule has 0 unspecified atom stereocenters. The lowest BCUT2D eigenvalue weighted by Crippen LogP contribution is -2.24.